The average Bonchev–Trinajstić information content (AvgIpc) is 1.83. The summed E-state index contributed by atoms with van der Waals surface area (Å²) in [5.74, 6) is 0. The van der Waals surface area contributed by atoms with Crippen LogP contribution in [-0.4, -0.2) is 34.3 Å². The molecule has 2 nitrogen and oxygen atoms in total. The third-order valence-electron chi connectivity index (χ3n) is 3.04. The largest absolute Gasteiger partial charge is 0.387 e. The molecule has 3 rings (SSSR count). The van der Waals surface area contributed by atoms with Crippen molar-refractivity contribution in [2.24, 2.45) is 0 Å². The fourth-order valence-corrected chi connectivity index (χ4v) is 3.62. The first-order valence-corrected chi connectivity index (χ1v) is 5.14. The van der Waals surface area contributed by atoms with E-state index in [9.17, 15) is 5.11 Å². The topological polar surface area (TPSA) is 32.3 Å². The van der Waals surface area contributed by atoms with Gasteiger partial charge in [-0.15, -0.1) is 0 Å². The Balaban J connectivity index is 2.12. The van der Waals surface area contributed by atoms with Crippen molar-refractivity contribution in [1.82, 2.24) is 5.32 Å². The lowest BCUT2D eigenvalue weighted by molar-refractivity contribution is -0.00847. The second kappa shape index (κ2) is 2.38. The highest BCUT2D eigenvalue weighted by molar-refractivity contribution is 8.02. The Labute approximate surface area is 71.7 Å². The van der Waals surface area contributed by atoms with Gasteiger partial charge in [-0.25, -0.2) is 0 Å². The van der Waals surface area contributed by atoms with Crippen molar-refractivity contribution in [2.75, 3.05) is 7.05 Å². The van der Waals surface area contributed by atoms with E-state index in [2.05, 4.69) is 5.32 Å². The molecule has 0 amide bonds. The van der Waals surface area contributed by atoms with Crippen molar-refractivity contribution in [3.63, 3.8) is 0 Å². The van der Waals surface area contributed by atoms with Crippen LogP contribution in [0.3, 0.4) is 0 Å². The number of likely N-dealkylation sites (N-methyl/N-ethyl adjacent to an activating group) is 1. The van der Waals surface area contributed by atoms with E-state index in [1.54, 1.807) is 0 Å². The maximum Gasteiger partial charge on any atom is 0.0890 e. The van der Waals surface area contributed by atoms with Crippen molar-refractivity contribution in [1.29, 1.82) is 0 Å². The normalized spacial score (nSPS) is 55.4. The Hall–Kier alpha value is 0.270. The number of thioether (sulfide) groups is 1. The van der Waals surface area contributed by atoms with Gasteiger partial charge in [0.1, 0.15) is 0 Å². The van der Waals surface area contributed by atoms with Gasteiger partial charge >= 0.3 is 0 Å². The third-order valence-corrected chi connectivity index (χ3v) is 4.81. The van der Waals surface area contributed by atoms with Crippen LogP contribution < -0.4 is 5.32 Å². The first-order chi connectivity index (χ1) is 5.14. The van der Waals surface area contributed by atoms with Gasteiger partial charge in [0.25, 0.3) is 0 Å². The molecule has 2 saturated heterocycles. The Bertz CT molecular complexity index is 165. The summed E-state index contributed by atoms with van der Waals surface area (Å²) in [4.78, 5) is 0. The lowest BCUT2D eigenvalue weighted by Crippen LogP contribution is -2.64. The number of hydrogen-bond acceptors (Lipinski definition) is 3. The predicted octanol–water partition coefficient (Wildman–Crippen LogP) is 0.603. The third kappa shape index (κ3) is 1.02. The van der Waals surface area contributed by atoms with Crippen molar-refractivity contribution in [3.8, 4) is 0 Å². The summed E-state index contributed by atoms with van der Waals surface area (Å²) < 4.78 is 0. The monoisotopic (exact) mass is 173 g/mol. The maximum atomic E-state index is 10.1. The molecule has 1 saturated carbocycles. The molecule has 64 valence electrons. The standard InChI is InChI=1S/C8H15NOS/c1-8(10)6(9-2)3-5-4-7(8)11-5/h5-7,9-10H,3-4H2,1-2H3. The van der Waals surface area contributed by atoms with Crippen LogP contribution in [0, 0.1) is 0 Å². The van der Waals surface area contributed by atoms with E-state index in [-0.39, 0.29) is 0 Å². The highest BCUT2D eigenvalue weighted by atomic mass is 32.2. The van der Waals surface area contributed by atoms with Gasteiger partial charge in [0, 0.05) is 16.5 Å². The van der Waals surface area contributed by atoms with Crippen LogP contribution in [0.25, 0.3) is 0 Å². The van der Waals surface area contributed by atoms with E-state index in [0.717, 1.165) is 11.7 Å². The zero-order valence-corrected chi connectivity index (χ0v) is 7.82. The number of nitrogens with one attached hydrogen (secondary N) is 1. The molecule has 1 aliphatic carbocycles. The minimum Gasteiger partial charge on any atom is -0.387 e. The molecule has 11 heavy (non-hydrogen) atoms. The molecule has 0 spiro atoms. The van der Waals surface area contributed by atoms with Crippen LogP contribution in [0.5, 0.6) is 0 Å². The van der Waals surface area contributed by atoms with E-state index in [0.29, 0.717) is 11.3 Å². The summed E-state index contributed by atoms with van der Waals surface area (Å²) >= 11 is 1.95. The average molecular weight is 173 g/mol. The highest BCUT2D eigenvalue weighted by Crippen LogP contribution is 2.51. The summed E-state index contributed by atoms with van der Waals surface area (Å²) in [6, 6.07) is 0.312. The predicted molar refractivity (Wildman–Crippen MR) is 47.9 cm³/mol. The summed E-state index contributed by atoms with van der Waals surface area (Å²) in [6.45, 7) is 1.96. The fourth-order valence-electron chi connectivity index (χ4n) is 2.12. The first kappa shape index (κ1) is 7.90. The van der Waals surface area contributed by atoms with Gasteiger partial charge in [-0.2, -0.15) is 11.8 Å². The molecule has 2 aliphatic heterocycles. The molecular weight excluding hydrogens is 158 g/mol. The second-order valence-electron chi connectivity index (χ2n) is 3.79. The molecule has 3 aliphatic rings. The summed E-state index contributed by atoms with van der Waals surface area (Å²) in [5, 5.41) is 14.6. The lowest BCUT2D eigenvalue weighted by Gasteiger charge is -2.54. The van der Waals surface area contributed by atoms with E-state index in [1.807, 2.05) is 25.7 Å². The van der Waals surface area contributed by atoms with Crippen molar-refractivity contribution < 1.29 is 5.11 Å². The molecule has 3 fully saturated rings. The van der Waals surface area contributed by atoms with Crippen molar-refractivity contribution in [2.45, 2.75) is 41.9 Å². The van der Waals surface area contributed by atoms with Crippen LogP contribution in [0.2, 0.25) is 0 Å². The molecule has 2 heterocycles. The van der Waals surface area contributed by atoms with Gasteiger partial charge < -0.3 is 10.4 Å². The number of aliphatic hydroxyl groups is 1. The first-order valence-electron chi connectivity index (χ1n) is 4.19. The van der Waals surface area contributed by atoms with Gasteiger partial charge in [0.05, 0.1) is 5.60 Å². The molecule has 4 atom stereocenters. The van der Waals surface area contributed by atoms with Crippen LogP contribution in [-0.2, 0) is 0 Å². The van der Waals surface area contributed by atoms with Crippen molar-refractivity contribution >= 4 is 11.8 Å². The molecule has 0 aromatic carbocycles. The zero-order valence-electron chi connectivity index (χ0n) is 7.00. The Morgan fingerprint density at radius 3 is 2.55 bits per heavy atom. The SMILES string of the molecule is CNC1CC2CC(S2)C1(C)O. The van der Waals surface area contributed by atoms with Crippen molar-refractivity contribution in [3.05, 3.63) is 0 Å². The lowest BCUT2D eigenvalue weighted by atomic mass is 9.80. The van der Waals surface area contributed by atoms with Gasteiger partial charge in [-0.3, -0.25) is 0 Å². The van der Waals surface area contributed by atoms with E-state index in [4.69, 9.17) is 0 Å². The van der Waals surface area contributed by atoms with Crippen LogP contribution >= 0.6 is 11.8 Å². The maximum absolute atomic E-state index is 10.1. The van der Waals surface area contributed by atoms with Gasteiger partial charge in [-0.05, 0) is 26.8 Å². The second-order valence-corrected chi connectivity index (χ2v) is 5.29. The molecule has 4 unspecified atom stereocenters. The fraction of sp³-hybridized carbons (Fsp3) is 1.00. The Kier molecular flexibility index (Phi) is 1.71. The number of rotatable bonds is 1. The molecule has 2 bridgehead atoms. The summed E-state index contributed by atoms with van der Waals surface area (Å²) in [6.07, 6.45) is 2.35. The summed E-state index contributed by atoms with van der Waals surface area (Å²) in [5.41, 5.74) is -0.478. The smallest absolute Gasteiger partial charge is 0.0890 e. The molecule has 3 heteroatoms. The highest BCUT2D eigenvalue weighted by Gasteiger charge is 2.52. The molecule has 2 N–H and O–H groups in total. The van der Waals surface area contributed by atoms with Crippen LogP contribution in [0.1, 0.15) is 19.8 Å². The summed E-state index contributed by atoms with van der Waals surface area (Å²) in [7, 11) is 1.94. The van der Waals surface area contributed by atoms with E-state index < -0.39 is 5.60 Å². The number of fused-ring (bicyclic) bond motifs is 2. The molecular formula is C8H15NOS. The number of hydrogen-bond donors (Lipinski definition) is 2. The van der Waals surface area contributed by atoms with Gasteiger partial charge in [-0.1, -0.05) is 0 Å². The molecule has 0 radical (unpaired) electrons. The zero-order chi connectivity index (χ0) is 8.06. The van der Waals surface area contributed by atoms with Gasteiger partial charge in [0.15, 0.2) is 0 Å². The quantitative estimate of drug-likeness (QED) is 0.609. The van der Waals surface area contributed by atoms with Gasteiger partial charge in [0.2, 0.25) is 0 Å². The molecule has 0 aromatic heterocycles. The van der Waals surface area contributed by atoms with E-state index >= 15 is 0 Å². The van der Waals surface area contributed by atoms with E-state index in [1.165, 1.54) is 6.42 Å². The molecule has 0 aromatic rings. The Morgan fingerprint density at radius 2 is 2.18 bits per heavy atom. The van der Waals surface area contributed by atoms with Crippen LogP contribution in [0.15, 0.2) is 0 Å². The minimum absolute atomic E-state index is 0.312. The minimum atomic E-state index is -0.478. The van der Waals surface area contributed by atoms with Crippen LogP contribution in [0.4, 0.5) is 0 Å². The Morgan fingerprint density at radius 1 is 1.55 bits per heavy atom.